The summed E-state index contributed by atoms with van der Waals surface area (Å²) in [5, 5.41) is 5.21. The largest absolute Gasteiger partial charge is 0.354 e. The van der Waals surface area contributed by atoms with Crippen LogP contribution in [-0.4, -0.2) is 30.9 Å². The number of benzene rings is 1. The average Bonchev–Trinajstić information content (AvgIpc) is 2.46. The first-order valence-corrected chi connectivity index (χ1v) is 7.36. The summed E-state index contributed by atoms with van der Waals surface area (Å²) in [6.07, 6.45) is 0.608. The van der Waals surface area contributed by atoms with Gasteiger partial charge in [-0.3, -0.25) is 9.59 Å². The summed E-state index contributed by atoms with van der Waals surface area (Å²) in [6, 6.07) is 3.96. The summed E-state index contributed by atoms with van der Waals surface area (Å²) >= 11 is 0. The molecule has 0 saturated heterocycles. The molecule has 0 saturated carbocycles. The van der Waals surface area contributed by atoms with E-state index in [1.807, 2.05) is 20.8 Å². The van der Waals surface area contributed by atoms with E-state index in [0.29, 0.717) is 13.0 Å². The Kier molecular flexibility index (Phi) is 9.44. The first kappa shape index (κ1) is 21.3. The Bertz CT molecular complexity index is 538. The van der Waals surface area contributed by atoms with Gasteiger partial charge in [0.2, 0.25) is 11.8 Å². The number of hydrogen-bond donors (Lipinski definition) is 3. The molecular formula is C16H25ClFN3O2. The molecule has 0 aliphatic heterocycles. The van der Waals surface area contributed by atoms with Gasteiger partial charge in [-0.2, -0.15) is 0 Å². The Morgan fingerprint density at radius 3 is 2.48 bits per heavy atom. The van der Waals surface area contributed by atoms with Gasteiger partial charge in [-0.1, -0.05) is 19.9 Å². The lowest BCUT2D eigenvalue weighted by Crippen LogP contribution is -2.47. The summed E-state index contributed by atoms with van der Waals surface area (Å²) < 4.78 is 13.0. The maximum Gasteiger partial charge on any atom is 0.239 e. The Hall–Kier alpha value is -1.66. The van der Waals surface area contributed by atoms with Crippen LogP contribution in [0, 0.1) is 18.7 Å². The first-order valence-electron chi connectivity index (χ1n) is 7.36. The zero-order chi connectivity index (χ0) is 16.7. The molecule has 0 radical (unpaired) electrons. The van der Waals surface area contributed by atoms with Gasteiger partial charge >= 0.3 is 0 Å². The smallest absolute Gasteiger partial charge is 0.239 e. The van der Waals surface area contributed by atoms with Gasteiger partial charge in [0, 0.05) is 6.54 Å². The number of carbonyl (C=O) groups excluding carboxylic acids is 2. The Morgan fingerprint density at radius 1 is 1.26 bits per heavy atom. The highest BCUT2D eigenvalue weighted by molar-refractivity contribution is 5.87. The minimum atomic E-state index is -0.616. The number of amides is 2. The maximum atomic E-state index is 13.0. The van der Waals surface area contributed by atoms with E-state index in [-0.39, 0.29) is 42.5 Å². The molecule has 7 heteroatoms. The SMILES string of the molecule is Cc1cc(F)ccc1CCNC(=O)CNC(=O)[C@@H](N)C(C)C.Cl. The van der Waals surface area contributed by atoms with E-state index in [0.717, 1.165) is 11.1 Å². The van der Waals surface area contributed by atoms with Crippen LogP contribution in [-0.2, 0) is 16.0 Å². The van der Waals surface area contributed by atoms with Gasteiger partial charge in [0.25, 0.3) is 0 Å². The average molecular weight is 346 g/mol. The second-order valence-corrected chi connectivity index (χ2v) is 5.66. The predicted octanol–water partition coefficient (Wildman–Crippen LogP) is 1.31. The van der Waals surface area contributed by atoms with E-state index >= 15 is 0 Å². The quantitative estimate of drug-likeness (QED) is 0.696. The van der Waals surface area contributed by atoms with Crippen molar-refractivity contribution in [3.05, 3.63) is 35.1 Å². The minimum Gasteiger partial charge on any atom is -0.354 e. The molecule has 1 rings (SSSR count). The summed E-state index contributed by atoms with van der Waals surface area (Å²) in [5.41, 5.74) is 7.51. The molecule has 0 aliphatic rings. The number of carbonyl (C=O) groups is 2. The predicted molar refractivity (Wildman–Crippen MR) is 90.9 cm³/mol. The van der Waals surface area contributed by atoms with Crippen molar-refractivity contribution in [1.82, 2.24) is 10.6 Å². The van der Waals surface area contributed by atoms with Crippen LogP contribution in [0.2, 0.25) is 0 Å². The van der Waals surface area contributed by atoms with Crippen LogP contribution in [0.5, 0.6) is 0 Å². The molecule has 1 aromatic rings. The maximum absolute atomic E-state index is 13.0. The minimum absolute atomic E-state index is 0. The van der Waals surface area contributed by atoms with E-state index in [9.17, 15) is 14.0 Å². The van der Waals surface area contributed by atoms with E-state index < -0.39 is 6.04 Å². The van der Waals surface area contributed by atoms with Crippen molar-refractivity contribution in [2.75, 3.05) is 13.1 Å². The first-order chi connectivity index (χ1) is 10.3. The number of hydrogen-bond acceptors (Lipinski definition) is 3. The van der Waals surface area contributed by atoms with Crippen LogP contribution >= 0.6 is 12.4 Å². The molecule has 4 N–H and O–H groups in total. The zero-order valence-corrected chi connectivity index (χ0v) is 14.5. The third kappa shape index (κ3) is 7.43. The molecule has 0 aliphatic carbocycles. The highest BCUT2D eigenvalue weighted by atomic mass is 35.5. The number of nitrogens with one attached hydrogen (secondary N) is 2. The van der Waals surface area contributed by atoms with Crippen molar-refractivity contribution < 1.29 is 14.0 Å². The van der Waals surface area contributed by atoms with E-state index in [4.69, 9.17) is 5.73 Å². The van der Waals surface area contributed by atoms with Crippen LogP contribution in [0.25, 0.3) is 0 Å². The summed E-state index contributed by atoms with van der Waals surface area (Å²) in [7, 11) is 0. The van der Waals surface area contributed by atoms with Crippen LogP contribution in [0.4, 0.5) is 4.39 Å². The third-order valence-corrected chi connectivity index (χ3v) is 3.47. The van der Waals surface area contributed by atoms with Crippen molar-refractivity contribution >= 4 is 24.2 Å². The zero-order valence-electron chi connectivity index (χ0n) is 13.7. The van der Waals surface area contributed by atoms with Gasteiger partial charge < -0.3 is 16.4 Å². The topological polar surface area (TPSA) is 84.2 Å². The van der Waals surface area contributed by atoms with Gasteiger partial charge in [-0.25, -0.2) is 4.39 Å². The molecule has 0 aromatic heterocycles. The highest BCUT2D eigenvalue weighted by Gasteiger charge is 2.17. The molecule has 23 heavy (non-hydrogen) atoms. The molecule has 0 fully saturated rings. The van der Waals surface area contributed by atoms with Crippen molar-refractivity contribution in [3.8, 4) is 0 Å². The van der Waals surface area contributed by atoms with Crippen molar-refractivity contribution in [2.24, 2.45) is 11.7 Å². The molecule has 2 amide bonds. The van der Waals surface area contributed by atoms with Crippen LogP contribution in [0.1, 0.15) is 25.0 Å². The fourth-order valence-corrected chi connectivity index (χ4v) is 1.93. The standard InChI is InChI=1S/C16H24FN3O2.ClH/c1-10(2)15(18)16(22)20-9-14(21)19-7-6-12-4-5-13(17)8-11(12)3;/h4-5,8,10,15H,6-7,9,18H2,1-3H3,(H,19,21)(H,20,22);1H/t15-;/m0./s1. The second-order valence-electron chi connectivity index (χ2n) is 5.66. The van der Waals surface area contributed by atoms with E-state index in [1.54, 1.807) is 6.07 Å². The molecule has 1 aromatic carbocycles. The molecule has 5 nitrogen and oxygen atoms in total. The monoisotopic (exact) mass is 345 g/mol. The highest BCUT2D eigenvalue weighted by Crippen LogP contribution is 2.10. The van der Waals surface area contributed by atoms with Crippen molar-refractivity contribution in [3.63, 3.8) is 0 Å². The van der Waals surface area contributed by atoms with E-state index in [1.165, 1.54) is 12.1 Å². The van der Waals surface area contributed by atoms with Gasteiger partial charge in [0.05, 0.1) is 12.6 Å². The van der Waals surface area contributed by atoms with Crippen molar-refractivity contribution in [2.45, 2.75) is 33.2 Å². The number of halogens is 2. The molecule has 0 bridgehead atoms. The molecule has 130 valence electrons. The van der Waals surface area contributed by atoms with Crippen LogP contribution in [0.15, 0.2) is 18.2 Å². The van der Waals surface area contributed by atoms with Gasteiger partial charge in [0.1, 0.15) is 5.82 Å². The summed E-state index contributed by atoms with van der Waals surface area (Å²) in [5.74, 6) is -0.859. The molecule has 0 unspecified atom stereocenters. The van der Waals surface area contributed by atoms with Crippen molar-refractivity contribution in [1.29, 1.82) is 0 Å². The Morgan fingerprint density at radius 2 is 1.91 bits per heavy atom. The molecular weight excluding hydrogens is 321 g/mol. The normalized spacial score (nSPS) is 11.6. The van der Waals surface area contributed by atoms with Gasteiger partial charge in [-0.05, 0) is 42.5 Å². The lowest BCUT2D eigenvalue weighted by Gasteiger charge is -2.15. The van der Waals surface area contributed by atoms with Gasteiger partial charge in [0.15, 0.2) is 0 Å². The Labute approximate surface area is 142 Å². The number of aryl methyl sites for hydroxylation is 1. The van der Waals surface area contributed by atoms with E-state index in [2.05, 4.69) is 10.6 Å². The fourth-order valence-electron chi connectivity index (χ4n) is 1.93. The summed E-state index contributed by atoms with van der Waals surface area (Å²) in [6.45, 7) is 5.84. The second kappa shape index (κ2) is 10.2. The van der Waals surface area contributed by atoms with Crippen LogP contribution < -0.4 is 16.4 Å². The fraction of sp³-hybridized carbons (Fsp3) is 0.500. The van der Waals surface area contributed by atoms with Gasteiger partial charge in [-0.15, -0.1) is 12.4 Å². The molecule has 1 atom stereocenters. The van der Waals surface area contributed by atoms with Crippen LogP contribution in [0.3, 0.4) is 0 Å². The molecule has 0 spiro atoms. The molecule has 0 heterocycles. The Balaban J connectivity index is 0.00000484. The lowest BCUT2D eigenvalue weighted by atomic mass is 10.1. The lowest BCUT2D eigenvalue weighted by molar-refractivity contribution is -0.127. The summed E-state index contributed by atoms with van der Waals surface area (Å²) in [4.78, 5) is 23.3. The number of rotatable bonds is 7. The third-order valence-electron chi connectivity index (χ3n) is 3.47. The number of nitrogens with two attached hydrogens (primary N) is 1.